The van der Waals surface area contributed by atoms with Crippen molar-refractivity contribution in [3.05, 3.63) is 107 Å². The zero-order chi connectivity index (χ0) is 38.8. The van der Waals surface area contributed by atoms with E-state index < -0.39 is 5.97 Å². The largest absolute Gasteiger partial charge is 0.508 e. The molecule has 0 saturated carbocycles. The van der Waals surface area contributed by atoms with E-state index in [1.165, 1.54) is 12.2 Å². The normalized spacial score (nSPS) is 18.6. The molecule has 2 unspecified atom stereocenters. The highest BCUT2D eigenvalue weighted by molar-refractivity contribution is 6.05. The first-order valence-corrected chi connectivity index (χ1v) is 18.5. The molecule has 0 fully saturated rings. The highest BCUT2D eigenvalue weighted by Crippen LogP contribution is 2.41. The van der Waals surface area contributed by atoms with Crippen molar-refractivity contribution in [3.8, 4) is 28.7 Å². The molecule has 4 aromatic rings. The fourth-order valence-electron chi connectivity index (χ4n) is 7.11. The number of unbranched alkanes of at least 4 members (excludes halogenated alkanes) is 2. The maximum Gasteiger partial charge on any atom is 0.365 e. The molecule has 0 radical (unpaired) electrons. The number of nitrogens with zero attached hydrogens (tertiary/aromatic N) is 4. The quantitative estimate of drug-likeness (QED) is 0.110. The van der Waals surface area contributed by atoms with E-state index in [4.69, 9.17) is 29.5 Å². The van der Waals surface area contributed by atoms with Crippen LogP contribution >= 0.6 is 0 Å². The minimum Gasteiger partial charge on any atom is -0.508 e. The molecule has 0 saturated heterocycles. The minimum absolute atomic E-state index is 0.170. The fourth-order valence-corrected chi connectivity index (χ4v) is 7.11. The topological polar surface area (TPSA) is 158 Å². The van der Waals surface area contributed by atoms with Crippen molar-refractivity contribution in [1.82, 2.24) is 9.96 Å². The monoisotopic (exact) mass is 755 g/mol. The molecule has 286 valence electrons. The van der Waals surface area contributed by atoms with Gasteiger partial charge in [0.15, 0.2) is 23.0 Å². The zero-order valence-electron chi connectivity index (χ0n) is 31.0. The SMILES string of the molecule is COc1cc2c(cc1OCCCCCOc1cc3c(cc1OC)C(=O)ON1C=C(c4ccc(N)cc4)CC1/C=N\3)N=CC1CC(c3ccc(O)cc3)=CN1C2=O. The van der Waals surface area contributed by atoms with Crippen molar-refractivity contribution < 1.29 is 38.5 Å². The van der Waals surface area contributed by atoms with Gasteiger partial charge >= 0.3 is 5.97 Å². The van der Waals surface area contributed by atoms with Gasteiger partial charge in [0.25, 0.3) is 5.91 Å². The Morgan fingerprint density at radius 1 is 0.714 bits per heavy atom. The Morgan fingerprint density at radius 3 is 1.91 bits per heavy atom. The van der Waals surface area contributed by atoms with Gasteiger partial charge in [-0.25, -0.2) is 9.86 Å². The zero-order valence-corrected chi connectivity index (χ0v) is 31.0. The first-order valence-electron chi connectivity index (χ1n) is 18.5. The van der Waals surface area contributed by atoms with Crippen LogP contribution in [0.15, 0.2) is 95.2 Å². The average molecular weight is 756 g/mol. The van der Waals surface area contributed by atoms with Crippen molar-refractivity contribution in [2.24, 2.45) is 9.98 Å². The summed E-state index contributed by atoms with van der Waals surface area (Å²) in [4.78, 5) is 43.7. The van der Waals surface area contributed by atoms with Crippen molar-refractivity contribution in [3.63, 3.8) is 0 Å². The molecule has 56 heavy (non-hydrogen) atoms. The third-order valence-electron chi connectivity index (χ3n) is 10.2. The number of phenolic OH excluding ortho intramolecular Hbond substituents is 1. The van der Waals surface area contributed by atoms with Gasteiger partial charge in [-0.05, 0) is 71.9 Å². The van der Waals surface area contributed by atoms with Gasteiger partial charge in [-0.2, -0.15) is 0 Å². The molecule has 0 aliphatic carbocycles. The van der Waals surface area contributed by atoms with Gasteiger partial charge in [0.2, 0.25) is 0 Å². The highest BCUT2D eigenvalue weighted by atomic mass is 16.7. The van der Waals surface area contributed by atoms with Crippen LogP contribution < -0.4 is 24.7 Å². The van der Waals surface area contributed by atoms with Crippen LogP contribution in [0.25, 0.3) is 11.1 Å². The van der Waals surface area contributed by atoms with Gasteiger partial charge in [-0.1, -0.05) is 24.3 Å². The summed E-state index contributed by atoms with van der Waals surface area (Å²) in [7, 11) is 3.07. The predicted octanol–water partition coefficient (Wildman–Crippen LogP) is 7.49. The van der Waals surface area contributed by atoms with Crippen molar-refractivity contribution in [2.75, 3.05) is 33.2 Å². The second kappa shape index (κ2) is 15.5. The number of hydrogen-bond donors (Lipinski definition) is 2. The first-order chi connectivity index (χ1) is 27.3. The maximum atomic E-state index is 13.7. The third kappa shape index (κ3) is 7.35. The molecule has 2 atom stereocenters. The molecule has 8 rings (SSSR count). The molecule has 4 aliphatic rings. The summed E-state index contributed by atoms with van der Waals surface area (Å²) in [6, 6.07) is 20.8. The number of carbonyl (C=O) groups is 2. The van der Waals surface area contributed by atoms with E-state index in [0.29, 0.717) is 71.7 Å². The summed E-state index contributed by atoms with van der Waals surface area (Å²) in [6.45, 7) is 0.834. The van der Waals surface area contributed by atoms with Gasteiger partial charge < -0.3 is 39.5 Å². The number of hydroxylamine groups is 2. The molecule has 4 aromatic carbocycles. The van der Waals surface area contributed by atoms with Crippen LogP contribution in [-0.4, -0.2) is 78.9 Å². The molecular weight excluding hydrogens is 714 g/mol. The summed E-state index contributed by atoms with van der Waals surface area (Å²) in [5.74, 6) is 1.33. The summed E-state index contributed by atoms with van der Waals surface area (Å²) in [5.41, 5.74) is 12.2. The second-order valence-corrected chi connectivity index (χ2v) is 13.8. The Kier molecular flexibility index (Phi) is 10.1. The summed E-state index contributed by atoms with van der Waals surface area (Å²) < 4.78 is 23.4. The highest BCUT2D eigenvalue weighted by Gasteiger charge is 2.34. The second-order valence-electron chi connectivity index (χ2n) is 13.8. The van der Waals surface area contributed by atoms with E-state index in [0.717, 1.165) is 41.5 Å². The van der Waals surface area contributed by atoms with Crippen molar-refractivity contribution in [1.29, 1.82) is 0 Å². The molecule has 4 heterocycles. The standard InChI is InChI=1S/C43H41N5O8/c1-52-38-18-34-36(45-22-31-16-28(24-47(31)42(34)50)27-8-12-33(49)13-9-27)20-40(38)54-14-4-3-5-15-55-41-21-37-35(19-39(41)53-2)43(51)56-48-25-29(17-32(48)23-46-37)26-6-10-30(44)11-7-26/h6-13,18-25,31-32,49H,3-5,14-17,44H2,1-2H3/b46-23-. The van der Waals surface area contributed by atoms with Gasteiger partial charge in [0.05, 0.1) is 56.0 Å². The van der Waals surface area contributed by atoms with Crippen LogP contribution in [0.4, 0.5) is 17.1 Å². The van der Waals surface area contributed by atoms with Gasteiger partial charge in [0, 0.05) is 61.6 Å². The lowest BCUT2D eigenvalue weighted by Gasteiger charge is -2.23. The third-order valence-corrected chi connectivity index (χ3v) is 10.2. The lowest BCUT2D eigenvalue weighted by Crippen LogP contribution is -2.32. The molecule has 4 aliphatic heterocycles. The van der Waals surface area contributed by atoms with E-state index >= 15 is 0 Å². The number of ether oxygens (including phenoxy) is 4. The van der Waals surface area contributed by atoms with E-state index in [-0.39, 0.29) is 29.3 Å². The minimum atomic E-state index is -0.538. The van der Waals surface area contributed by atoms with Gasteiger partial charge in [0.1, 0.15) is 11.8 Å². The number of aromatic hydroxyl groups is 1. The number of benzene rings is 4. The number of methoxy groups -OCH3 is 2. The van der Waals surface area contributed by atoms with E-state index in [9.17, 15) is 14.7 Å². The lowest BCUT2D eigenvalue weighted by atomic mass is 10.0. The van der Waals surface area contributed by atoms with E-state index in [1.54, 1.807) is 60.8 Å². The van der Waals surface area contributed by atoms with E-state index in [1.807, 2.05) is 48.8 Å². The Bertz CT molecular complexity index is 2280. The number of rotatable bonds is 12. The number of fused-ring (bicyclic) bond motifs is 4. The Balaban J connectivity index is 0.850. The Labute approximate surface area is 323 Å². The molecular formula is C43H41N5O8. The number of aliphatic imine (C=N–C) groups is 2. The smallest absolute Gasteiger partial charge is 0.365 e. The number of hydrogen-bond acceptors (Lipinski definition) is 12. The van der Waals surface area contributed by atoms with Gasteiger partial charge in [-0.3, -0.25) is 14.8 Å². The van der Waals surface area contributed by atoms with Crippen LogP contribution in [0.2, 0.25) is 0 Å². The summed E-state index contributed by atoms with van der Waals surface area (Å²) in [6.07, 6.45) is 10.8. The van der Waals surface area contributed by atoms with Crippen LogP contribution in [-0.2, 0) is 4.84 Å². The molecule has 13 heteroatoms. The molecule has 1 amide bonds. The van der Waals surface area contributed by atoms with Crippen LogP contribution in [0.3, 0.4) is 0 Å². The molecule has 0 aromatic heterocycles. The fraction of sp³-hybridized carbons (Fsp3) is 0.256. The van der Waals surface area contributed by atoms with Crippen molar-refractivity contribution in [2.45, 2.75) is 44.2 Å². The van der Waals surface area contributed by atoms with Crippen molar-refractivity contribution >= 4 is 52.5 Å². The number of anilines is 1. The van der Waals surface area contributed by atoms with E-state index in [2.05, 4.69) is 9.98 Å². The van der Waals surface area contributed by atoms with Crippen LogP contribution in [0.5, 0.6) is 28.7 Å². The number of phenols is 1. The molecule has 3 N–H and O–H groups in total. The summed E-state index contributed by atoms with van der Waals surface area (Å²) >= 11 is 0. The number of amides is 1. The first kappa shape index (κ1) is 36.2. The lowest BCUT2D eigenvalue weighted by molar-refractivity contribution is -0.0781. The molecule has 0 spiro atoms. The summed E-state index contributed by atoms with van der Waals surface area (Å²) in [5, 5.41) is 11.2. The number of nitrogen functional groups attached to an aromatic ring is 1. The predicted molar refractivity (Wildman–Crippen MR) is 212 cm³/mol. The van der Waals surface area contributed by atoms with Crippen LogP contribution in [0.1, 0.15) is 63.9 Å². The average Bonchev–Trinajstić information content (AvgIpc) is 3.79. The molecule has 0 bridgehead atoms. The maximum absolute atomic E-state index is 13.7. The number of nitrogens with two attached hydrogens (primary N) is 1. The molecule has 13 nitrogen and oxygen atoms in total. The Morgan fingerprint density at radius 2 is 1.27 bits per heavy atom. The Hall–Kier alpha value is -6.76. The van der Waals surface area contributed by atoms with Crippen LogP contribution in [0, 0.1) is 0 Å². The number of carbonyl (C=O) groups excluding carboxylic acids is 2. The van der Waals surface area contributed by atoms with Gasteiger partial charge in [-0.15, -0.1) is 0 Å².